The number of nitrogens with one attached hydrogen (secondary N) is 1. The monoisotopic (exact) mass is 283 g/mol. The maximum atomic E-state index is 6.07. The molecule has 1 N–H and O–H groups in total. The zero-order valence-electron chi connectivity index (χ0n) is 11.3. The Bertz CT molecular complexity index is 415. The van der Waals surface area contributed by atoms with Crippen LogP contribution in [0, 0.1) is 6.92 Å². The predicted molar refractivity (Wildman–Crippen MR) is 74.4 cm³/mol. The highest BCUT2D eigenvalue weighted by molar-refractivity contribution is 7.11. The first-order valence-corrected chi connectivity index (χ1v) is 7.73. The summed E-state index contributed by atoms with van der Waals surface area (Å²) in [7, 11) is 0. The van der Waals surface area contributed by atoms with E-state index in [4.69, 9.17) is 14.2 Å². The third-order valence-corrected chi connectivity index (χ3v) is 4.64. The zero-order chi connectivity index (χ0) is 13.1. The quantitative estimate of drug-likeness (QED) is 0.918. The molecule has 1 spiro atoms. The van der Waals surface area contributed by atoms with E-state index in [2.05, 4.69) is 24.4 Å². The minimum absolute atomic E-state index is 0.166. The molecule has 0 radical (unpaired) electrons. The van der Waals surface area contributed by atoms with Crippen LogP contribution in [0.5, 0.6) is 0 Å². The van der Waals surface area contributed by atoms with Crippen molar-refractivity contribution in [1.29, 1.82) is 0 Å². The van der Waals surface area contributed by atoms with E-state index in [-0.39, 0.29) is 11.9 Å². The predicted octanol–water partition coefficient (Wildman–Crippen LogP) is 2.07. The first-order valence-electron chi connectivity index (χ1n) is 6.91. The van der Waals surface area contributed by atoms with Gasteiger partial charge < -0.3 is 19.5 Å². The molecule has 5 heteroatoms. The van der Waals surface area contributed by atoms with Gasteiger partial charge in [-0.1, -0.05) is 0 Å². The Hall–Kier alpha value is -0.460. The van der Waals surface area contributed by atoms with E-state index in [1.54, 1.807) is 0 Å². The van der Waals surface area contributed by atoms with Crippen molar-refractivity contribution >= 4 is 11.3 Å². The van der Waals surface area contributed by atoms with Crippen LogP contribution in [-0.2, 0) is 20.8 Å². The summed E-state index contributed by atoms with van der Waals surface area (Å²) in [6, 6.07) is 4.34. The van der Waals surface area contributed by atoms with Gasteiger partial charge in [0.05, 0.1) is 25.9 Å². The summed E-state index contributed by atoms with van der Waals surface area (Å²) in [5.41, 5.74) is 0. The molecule has 106 valence electrons. The fourth-order valence-electron chi connectivity index (χ4n) is 2.60. The average Bonchev–Trinajstić information content (AvgIpc) is 2.99. The number of aryl methyl sites for hydroxylation is 1. The fourth-order valence-corrected chi connectivity index (χ4v) is 3.46. The number of rotatable bonds is 4. The number of hydrogen-bond acceptors (Lipinski definition) is 5. The molecule has 0 aliphatic carbocycles. The summed E-state index contributed by atoms with van der Waals surface area (Å²) in [6.45, 7) is 6.07. The minimum atomic E-state index is -0.357. The zero-order valence-corrected chi connectivity index (χ0v) is 12.1. The largest absolute Gasteiger partial charge is 0.381 e. The second-order valence-electron chi connectivity index (χ2n) is 5.22. The van der Waals surface area contributed by atoms with E-state index >= 15 is 0 Å². The lowest BCUT2D eigenvalue weighted by Gasteiger charge is -2.31. The van der Waals surface area contributed by atoms with Crippen molar-refractivity contribution < 1.29 is 14.2 Å². The van der Waals surface area contributed by atoms with Crippen LogP contribution in [0.4, 0.5) is 0 Å². The van der Waals surface area contributed by atoms with E-state index in [1.807, 2.05) is 11.3 Å². The standard InChI is InChI=1S/C14H21NO3S/c1-11-2-3-13(19-11)9-15-8-12-10-17-14(18-12)4-6-16-7-5-14/h2-3,12,15H,4-10H2,1H3. The molecule has 0 bridgehead atoms. The lowest BCUT2D eigenvalue weighted by Crippen LogP contribution is -2.38. The van der Waals surface area contributed by atoms with Gasteiger partial charge in [-0.3, -0.25) is 0 Å². The van der Waals surface area contributed by atoms with E-state index in [9.17, 15) is 0 Å². The summed E-state index contributed by atoms with van der Waals surface area (Å²) in [4.78, 5) is 2.73. The lowest BCUT2D eigenvalue weighted by atomic mass is 10.1. The normalized spacial score (nSPS) is 26.1. The molecule has 1 aromatic heterocycles. The summed E-state index contributed by atoms with van der Waals surface area (Å²) >= 11 is 1.84. The molecule has 0 aromatic carbocycles. The Labute approximate surface area is 118 Å². The van der Waals surface area contributed by atoms with Crippen LogP contribution >= 0.6 is 11.3 Å². The molecule has 4 nitrogen and oxygen atoms in total. The Balaban J connectivity index is 1.42. The van der Waals surface area contributed by atoms with Crippen molar-refractivity contribution in [3.8, 4) is 0 Å². The third-order valence-electron chi connectivity index (χ3n) is 3.64. The van der Waals surface area contributed by atoms with Gasteiger partial charge in [0, 0.05) is 35.7 Å². The molecule has 1 atom stereocenters. The van der Waals surface area contributed by atoms with E-state index in [1.165, 1.54) is 9.75 Å². The lowest BCUT2D eigenvalue weighted by molar-refractivity contribution is -0.210. The molecule has 3 rings (SSSR count). The summed E-state index contributed by atoms with van der Waals surface area (Å²) in [5.74, 6) is -0.357. The van der Waals surface area contributed by atoms with Crippen molar-refractivity contribution in [2.75, 3.05) is 26.4 Å². The SMILES string of the molecule is Cc1ccc(CNCC2COC3(CCOCC3)O2)s1. The van der Waals surface area contributed by atoms with E-state index in [0.717, 1.165) is 39.1 Å². The molecule has 2 aliphatic heterocycles. The van der Waals surface area contributed by atoms with Crippen molar-refractivity contribution in [3.63, 3.8) is 0 Å². The Morgan fingerprint density at radius 1 is 1.37 bits per heavy atom. The second-order valence-corrected chi connectivity index (χ2v) is 6.59. The van der Waals surface area contributed by atoms with Crippen molar-refractivity contribution in [2.45, 2.75) is 38.2 Å². The Kier molecular flexibility index (Phi) is 4.19. The smallest absolute Gasteiger partial charge is 0.173 e. The second kappa shape index (κ2) is 5.89. The number of thiophene rings is 1. The molecule has 0 saturated carbocycles. The molecule has 3 heterocycles. The summed E-state index contributed by atoms with van der Waals surface area (Å²) < 4.78 is 17.3. The van der Waals surface area contributed by atoms with Crippen LogP contribution in [0.15, 0.2) is 12.1 Å². The highest BCUT2D eigenvalue weighted by atomic mass is 32.1. The topological polar surface area (TPSA) is 39.7 Å². The highest BCUT2D eigenvalue weighted by Crippen LogP contribution is 2.32. The number of hydrogen-bond donors (Lipinski definition) is 1. The molecule has 19 heavy (non-hydrogen) atoms. The molecule has 0 amide bonds. The van der Waals surface area contributed by atoms with E-state index < -0.39 is 0 Å². The molecule has 1 aromatic rings. The van der Waals surface area contributed by atoms with Crippen LogP contribution in [0.25, 0.3) is 0 Å². The minimum Gasteiger partial charge on any atom is -0.381 e. The molecule has 2 saturated heterocycles. The molecule has 1 unspecified atom stereocenters. The van der Waals surface area contributed by atoms with Crippen molar-refractivity contribution in [1.82, 2.24) is 5.32 Å². The van der Waals surface area contributed by atoms with E-state index in [0.29, 0.717) is 6.61 Å². The van der Waals surface area contributed by atoms with Gasteiger partial charge in [-0.2, -0.15) is 0 Å². The Morgan fingerprint density at radius 3 is 2.95 bits per heavy atom. The first kappa shape index (κ1) is 13.5. The average molecular weight is 283 g/mol. The molecule has 2 aliphatic rings. The first-order chi connectivity index (χ1) is 9.26. The summed E-state index contributed by atoms with van der Waals surface area (Å²) in [5, 5.41) is 3.45. The van der Waals surface area contributed by atoms with Gasteiger partial charge in [-0.05, 0) is 19.1 Å². The van der Waals surface area contributed by atoms with Crippen LogP contribution in [0.2, 0.25) is 0 Å². The van der Waals surface area contributed by atoms with Crippen LogP contribution in [0.3, 0.4) is 0 Å². The van der Waals surface area contributed by atoms with Crippen molar-refractivity contribution in [2.24, 2.45) is 0 Å². The third kappa shape index (κ3) is 3.35. The van der Waals surface area contributed by atoms with Gasteiger partial charge in [-0.25, -0.2) is 0 Å². The van der Waals surface area contributed by atoms with Gasteiger partial charge in [-0.15, -0.1) is 11.3 Å². The molecular weight excluding hydrogens is 262 g/mol. The van der Waals surface area contributed by atoms with Gasteiger partial charge >= 0.3 is 0 Å². The Morgan fingerprint density at radius 2 is 2.21 bits per heavy atom. The maximum absolute atomic E-state index is 6.07. The number of ether oxygens (including phenoxy) is 3. The van der Waals surface area contributed by atoms with Gasteiger partial charge in [0.2, 0.25) is 0 Å². The maximum Gasteiger partial charge on any atom is 0.173 e. The highest BCUT2D eigenvalue weighted by Gasteiger charge is 2.42. The summed E-state index contributed by atoms with van der Waals surface area (Å²) in [6.07, 6.45) is 1.88. The molecule has 2 fully saturated rings. The van der Waals surface area contributed by atoms with Crippen molar-refractivity contribution in [3.05, 3.63) is 21.9 Å². The molecular formula is C14H21NO3S. The van der Waals surface area contributed by atoms with Crippen LogP contribution < -0.4 is 5.32 Å². The van der Waals surface area contributed by atoms with Gasteiger partial charge in [0.25, 0.3) is 0 Å². The van der Waals surface area contributed by atoms with Gasteiger partial charge in [0.15, 0.2) is 5.79 Å². The van der Waals surface area contributed by atoms with Gasteiger partial charge in [0.1, 0.15) is 0 Å². The van der Waals surface area contributed by atoms with Crippen LogP contribution in [-0.4, -0.2) is 38.3 Å². The van der Waals surface area contributed by atoms with Crippen LogP contribution in [0.1, 0.15) is 22.6 Å². The fraction of sp³-hybridized carbons (Fsp3) is 0.714.